The van der Waals surface area contributed by atoms with Crippen LogP contribution in [0.5, 0.6) is 0 Å². The van der Waals surface area contributed by atoms with E-state index in [1.54, 1.807) is 0 Å². The molecule has 0 aromatic heterocycles. The number of fused-ring (bicyclic) bond motifs is 2. The van der Waals surface area contributed by atoms with Gasteiger partial charge in [-0.3, -0.25) is 0 Å². The molecule has 0 heterocycles. The number of hydrogen-bond acceptors (Lipinski definition) is 0. The largest absolute Gasteiger partial charge is 0.0622 e. The lowest BCUT2D eigenvalue weighted by Gasteiger charge is -2.59. The maximum atomic E-state index is 2.46. The third-order valence-corrected chi connectivity index (χ3v) is 4.20. The second-order valence-corrected chi connectivity index (χ2v) is 4.92. The lowest BCUT2D eigenvalue weighted by atomic mass is 9.46. The first-order valence-electron chi connectivity index (χ1n) is 4.62. The van der Waals surface area contributed by atoms with Gasteiger partial charge in [-0.1, -0.05) is 27.2 Å². The van der Waals surface area contributed by atoms with E-state index in [1.807, 2.05) is 0 Å². The molecule has 0 saturated heterocycles. The Morgan fingerprint density at radius 2 is 1.90 bits per heavy atom. The molecule has 0 nitrogen and oxygen atoms in total. The molecule has 3 saturated carbocycles. The quantitative estimate of drug-likeness (QED) is 0.482. The maximum Gasteiger partial charge on any atom is -0.0295 e. The minimum Gasteiger partial charge on any atom is -0.0622 e. The maximum absolute atomic E-state index is 2.46. The molecule has 10 heavy (non-hydrogen) atoms. The van der Waals surface area contributed by atoms with Crippen molar-refractivity contribution in [2.45, 2.75) is 40.0 Å². The van der Waals surface area contributed by atoms with Gasteiger partial charge in [0.05, 0.1) is 0 Å². The third-order valence-electron chi connectivity index (χ3n) is 4.20. The fourth-order valence-corrected chi connectivity index (χ4v) is 3.18. The van der Waals surface area contributed by atoms with Gasteiger partial charge in [0.2, 0.25) is 0 Å². The van der Waals surface area contributed by atoms with Crippen molar-refractivity contribution in [3.63, 3.8) is 0 Å². The molecule has 0 aromatic rings. The van der Waals surface area contributed by atoms with E-state index >= 15 is 0 Å². The van der Waals surface area contributed by atoms with Crippen LogP contribution in [0.4, 0.5) is 0 Å². The van der Waals surface area contributed by atoms with Crippen molar-refractivity contribution in [3.8, 4) is 0 Å². The van der Waals surface area contributed by atoms with Gasteiger partial charge in [-0.15, -0.1) is 0 Å². The highest BCUT2D eigenvalue weighted by atomic mass is 14.6. The van der Waals surface area contributed by atoms with Crippen LogP contribution < -0.4 is 0 Å². The van der Waals surface area contributed by atoms with Crippen LogP contribution in [0.25, 0.3) is 0 Å². The van der Waals surface area contributed by atoms with E-state index in [2.05, 4.69) is 20.8 Å². The Kier molecular flexibility index (Phi) is 1.19. The van der Waals surface area contributed by atoms with Crippen molar-refractivity contribution in [2.24, 2.45) is 23.2 Å². The summed E-state index contributed by atoms with van der Waals surface area (Å²) >= 11 is 0. The molecule has 0 N–H and O–H groups in total. The minimum absolute atomic E-state index is 0.706. The first kappa shape index (κ1) is 6.69. The van der Waals surface area contributed by atoms with Crippen LogP contribution in [-0.2, 0) is 0 Å². The van der Waals surface area contributed by atoms with Gasteiger partial charge < -0.3 is 0 Å². The summed E-state index contributed by atoms with van der Waals surface area (Å²) in [5.74, 6) is 3.15. The molecule has 1 unspecified atom stereocenters. The first-order chi connectivity index (χ1) is 4.62. The molecule has 0 aromatic carbocycles. The molecule has 3 rings (SSSR count). The van der Waals surface area contributed by atoms with E-state index in [4.69, 9.17) is 0 Å². The minimum atomic E-state index is 0.706. The second kappa shape index (κ2) is 1.78. The van der Waals surface area contributed by atoms with Crippen LogP contribution in [0.15, 0.2) is 0 Å². The molecule has 0 aliphatic heterocycles. The molecule has 0 heteroatoms. The summed E-state index contributed by atoms with van der Waals surface area (Å²) in [7, 11) is 0. The fourth-order valence-electron chi connectivity index (χ4n) is 3.18. The molecule has 3 aliphatic rings. The molecule has 58 valence electrons. The molecule has 0 radical (unpaired) electrons. The molecule has 3 fully saturated rings. The smallest absolute Gasteiger partial charge is 0.0295 e. The highest BCUT2D eigenvalue weighted by Crippen LogP contribution is 2.61. The monoisotopic (exact) mass is 138 g/mol. The summed E-state index contributed by atoms with van der Waals surface area (Å²) < 4.78 is 0. The molecule has 0 amide bonds. The van der Waals surface area contributed by atoms with Crippen LogP contribution in [0, 0.1) is 23.2 Å². The van der Waals surface area contributed by atoms with Crippen molar-refractivity contribution >= 4 is 0 Å². The topological polar surface area (TPSA) is 0 Å². The average molecular weight is 138 g/mol. The number of rotatable bonds is 0. The van der Waals surface area contributed by atoms with Gasteiger partial charge in [0, 0.05) is 0 Å². The standard InChI is InChI=1S/C10H18/c1-7-4-5-8-6-9(7)10(8,2)3/h7-9H,4-6H2,1-3H3/t7-,8-,9?/m1/s1. The first-order valence-corrected chi connectivity index (χ1v) is 4.62. The lowest BCUT2D eigenvalue weighted by Crippen LogP contribution is -2.51. The summed E-state index contributed by atoms with van der Waals surface area (Å²) in [6, 6.07) is 0. The zero-order valence-electron chi connectivity index (χ0n) is 7.35. The predicted octanol–water partition coefficient (Wildman–Crippen LogP) is 3.08. The molecular weight excluding hydrogens is 120 g/mol. The molecular formula is C10H18. The van der Waals surface area contributed by atoms with Gasteiger partial charge in [0.25, 0.3) is 0 Å². The Morgan fingerprint density at radius 3 is 2.20 bits per heavy atom. The van der Waals surface area contributed by atoms with Crippen LogP contribution >= 0.6 is 0 Å². The van der Waals surface area contributed by atoms with E-state index < -0.39 is 0 Å². The summed E-state index contributed by atoms with van der Waals surface area (Å²) in [6.45, 7) is 7.35. The normalized spacial score (nSPS) is 50.1. The van der Waals surface area contributed by atoms with Gasteiger partial charge in [-0.25, -0.2) is 0 Å². The van der Waals surface area contributed by atoms with Gasteiger partial charge in [0.15, 0.2) is 0 Å². The summed E-state index contributed by atoms with van der Waals surface area (Å²) in [5.41, 5.74) is 0.706. The Hall–Kier alpha value is 0. The summed E-state index contributed by atoms with van der Waals surface area (Å²) in [6.07, 6.45) is 4.54. The van der Waals surface area contributed by atoms with Crippen molar-refractivity contribution in [2.75, 3.05) is 0 Å². The Bertz CT molecular complexity index is 144. The molecule has 2 bridgehead atoms. The van der Waals surface area contributed by atoms with Crippen molar-refractivity contribution in [1.29, 1.82) is 0 Å². The van der Waals surface area contributed by atoms with Crippen LogP contribution in [-0.4, -0.2) is 0 Å². The van der Waals surface area contributed by atoms with Crippen molar-refractivity contribution < 1.29 is 0 Å². The van der Waals surface area contributed by atoms with Gasteiger partial charge in [0.1, 0.15) is 0 Å². The van der Waals surface area contributed by atoms with Gasteiger partial charge >= 0.3 is 0 Å². The molecule has 0 spiro atoms. The Balaban J connectivity index is 2.16. The SMILES string of the molecule is C[C@@H]1CC[C@@H]2CC1C2(C)C. The Labute approximate surface area is 64.0 Å². The van der Waals surface area contributed by atoms with Crippen molar-refractivity contribution in [1.82, 2.24) is 0 Å². The lowest BCUT2D eigenvalue weighted by molar-refractivity contribution is -0.0988. The van der Waals surface area contributed by atoms with Crippen LogP contribution in [0.2, 0.25) is 0 Å². The van der Waals surface area contributed by atoms with E-state index in [0.29, 0.717) is 5.41 Å². The van der Waals surface area contributed by atoms with Gasteiger partial charge in [-0.2, -0.15) is 0 Å². The van der Waals surface area contributed by atoms with Crippen LogP contribution in [0.1, 0.15) is 40.0 Å². The molecule has 3 atom stereocenters. The third kappa shape index (κ3) is 0.627. The Morgan fingerprint density at radius 1 is 1.20 bits per heavy atom. The summed E-state index contributed by atoms with van der Waals surface area (Å²) in [5, 5.41) is 0. The zero-order chi connectivity index (χ0) is 7.35. The second-order valence-electron chi connectivity index (χ2n) is 4.92. The van der Waals surface area contributed by atoms with E-state index in [0.717, 1.165) is 17.8 Å². The summed E-state index contributed by atoms with van der Waals surface area (Å²) in [4.78, 5) is 0. The number of hydrogen-bond donors (Lipinski definition) is 0. The zero-order valence-corrected chi connectivity index (χ0v) is 7.35. The fraction of sp³-hybridized carbons (Fsp3) is 1.00. The van der Waals surface area contributed by atoms with E-state index in [9.17, 15) is 0 Å². The van der Waals surface area contributed by atoms with Crippen molar-refractivity contribution in [3.05, 3.63) is 0 Å². The highest BCUT2D eigenvalue weighted by molar-refractivity contribution is 5.01. The highest BCUT2D eigenvalue weighted by Gasteiger charge is 2.52. The predicted molar refractivity (Wildman–Crippen MR) is 43.8 cm³/mol. The van der Waals surface area contributed by atoms with E-state index in [-0.39, 0.29) is 0 Å². The average Bonchev–Trinajstić information content (AvgIpc) is 1.87. The molecule has 3 aliphatic carbocycles. The van der Waals surface area contributed by atoms with Crippen LogP contribution in [0.3, 0.4) is 0 Å². The van der Waals surface area contributed by atoms with Gasteiger partial charge in [-0.05, 0) is 36.0 Å². The van der Waals surface area contributed by atoms with E-state index in [1.165, 1.54) is 19.3 Å².